The number of thioether (sulfide) groups is 1. The average Bonchev–Trinajstić information content (AvgIpc) is 2.83. The summed E-state index contributed by atoms with van der Waals surface area (Å²) in [5, 5.41) is 3.26. The number of anilines is 1. The van der Waals surface area contributed by atoms with E-state index < -0.39 is 0 Å². The van der Waals surface area contributed by atoms with Crippen molar-refractivity contribution in [3.05, 3.63) is 23.9 Å². The molecule has 0 amide bonds. The van der Waals surface area contributed by atoms with Crippen molar-refractivity contribution in [2.45, 2.75) is 38.4 Å². The predicted molar refractivity (Wildman–Crippen MR) is 76.5 cm³/mol. The maximum absolute atomic E-state index is 4.29. The van der Waals surface area contributed by atoms with Crippen molar-refractivity contribution in [1.82, 2.24) is 4.98 Å². The van der Waals surface area contributed by atoms with Crippen molar-refractivity contribution >= 4 is 17.6 Å². The van der Waals surface area contributed by atoms with E-state index in [0.717, 1.165) is 24.0 Å². The van der Waals surface area contributed by atoms with Crippen LogP contribution >= 0.6 is 11.8 Å². The van der Waals surface area contributed by atoms with Gasteiger partial charge in [0.1, 0.15) is 5.82 Å². The molecule has 0 spiro atoms. The summed E-state index contributed by atoms with van der Waals surface area (Å²) in [5.74, 6) is 4.44. The molecule has 0 atom stereocenters. The van der Waals surface area contributed by atoms with Crippen LogP contribution < -0.4 is 5.32 Å². The topological polar surface area (TPSA) is 24.9 Å². The highest BCUT2D eigenvalue weighted by atomic mass is 32.2. The smallest absolute Gasteiger partial charge is 0.126 e. The number of hydrogen-bond acceptors (Lipinski definition) is 3. The maximum atomic E-state index is 4.29. The molecule has 2 rings (SSSR count). The molecular formula is C14H22N2S. The molecule has 0 unspecified atom stereocenters. The van der Waals surface area contributed by atoms with Crippen molar-refractivity contribution in [3.63, 3.8) is 0 Å². The van der Waals surface area contributed by atoms with Crippen LogP contribution in [0.3, 0.4) is 0 Å². The zero-order valence-corrected chi connectivity index (χ0v) is 11.4. The number of hydrogen-bond donors (Lipinski definition) is 1. The first-order valence-electron chi connectivity index (χ1n) is 6.65. The van der Waals surface area contributed by atoms with E-state index >= 15 is 0 Å². The van der Waals surface area contributed by atoms with Crippen LogP contribution in [0.4, 0.5) is 5.82 Å². The second-order valence-corrected chi connectivity index (χ2v) is 5.78. The molecule has 1 aromatic heterocycles. The third-order valence-corrected chi connectivity index (χ3v) is 4.52. The molecule has 94 valence electrons. The Morgan fingerprint density at radius 3 is 3.00 bits per heavy atom. The van der Waals surface area contributed by atoms with Gasteiger partial charge in [0, 0.05) is 18.5 Å². The summed E-state index contributed by atoms with van der Waals surface area (Å²) in [5.41, 5.74) is 1.39. The van der Waals surface area contributed by atoms with Crippen molar-refractivity contribution < 1.29 is 0 Å². The molecule has 1 N–H and O–H groups in total. The molecule has 0 radical (unpaired) electrons. The number of aromatic nitrogens is 1. The minimum Gasteiger partial charge on any atom is -0.370 e. The fourth-order valence-corrected chi connectivity index (χ4v) is 3.56. The fourth-order valence-electron chi connectivity index (χ4n) is 2.36. The zero-order chi connectivity index (χ0) is 11.9. The van der Waals surface area contributed by atoms with E-state index in [4.69, 9.17) is 0 Å². The maximum Gasteiger partial charge on any atom is 0.126 e. The fraction of sp³-hybridized carbons (Fsp3) is 0.643. The van der Waals surface area contributed by atoms with E-state index in [1.807, 2.05) is 6.20 Å². The number of rotatable bonds is 6. The summed E-state index contributed by atoms with van der Waals surface area (Å²) >= 11 is 2.07. The standard InChI is InChI=1S/C14H22N2S/c1-2-15-14-9-13(7-8-16-14)11-17-10-12-5-3-4-6-12/h7-9,12H,2-6,10-11H2,1H3,(H,15,16). The Balaban J connectivity index is 1.75. The van der Waals surface area contributed by atoms with Gasteiger partial charge >= 0.3 is 0 Å². The largest absolute Gasteiger partial charge is 0.370 e. The highest BCUT2D eigenvalue weighted by Gasteiger charge is 2.14. The van der Waals surface area contributed by atoms with Crippen molar-refractivity contribution in [2.75, 3.05) is 17.6 Å². The summed E-state index contributed by atoms with van der Waals surface area (Å²) in [6, 6.07) is 4.30. The van der Waals surface area contributed by atoms with Gasteiger partial charge in [-0.3, -0.25) is 0 Å². The molecule has 1 fully saturated rings. The van der Waals surface area contributed by atoms with Crippen LogP contribution in [0.25, 0.3) is 0 Å². The van der Waals surface area contributed by atoms with Gasteiger partial charge in [-0.05, 0) is 49.1 Å². The molecule has 0 saturated heterocycles. The molecule has 1 heterocycles. The van der Waals surface area contributed by atoms with Crippen LogP contribution in [-0.4, -0.2) is 17.3 Å². The van der Waals surface area contributed by atoms with Gasteiger partial charge in [-0.1, -0.05) is 12.8 Å². The quantitative estimate of drug-likeness (QED) is 0.828. The lowest BCUT2D eigenvalue weighted by atomic mass is 10.1. The summed E-state index contributed by atoms with van der Waals surface area (Å²) in [6.45, 7) is 3.04. The average molecular weight is 250 g/mol. The molecule has 0 aliphatic heterocycles. The van der Waals surface area contributed by atoms with Crippen LogP contribution in [0, 0.1) is 5.92 Å². The van der Waals surface area contributed by atoms with E-state index in [1.54, 1.807) is 0 Å². The lowest BCUT2D eigenvalue weighted by molar-refractivity contribution is 0.623. The minimum absolute atomic E-state index is 0.936. The summed E-state index contributed by atoms with van der Waals surface area (Å²) in [7, 11) is 0. The van der Waals surface area contributed by atoms with Crippen LogP contribution in [0.5, 0.6) is 0 Å². The Morgan fingerprint density at radius 2 is 2.24 bits per heavy atom. The predicted octanol–water partition coefficient (Wildman–Crippen LogP) is 3.94. The van der Waals surface area contributed by atoms with Crippen molar-refractivity contribution in [2.24, 2.45) is 5.92 Å². The Hall–Kier alpha value is -0.700. The molecule has 2 nitrogen and oxygen atoms in total. The Bertz CT molecular complexity index is 335. The summed E-state index contributed by atoms with van der Waals surface area (Å²) in [6.07, 6.45) is 7.71. The highest BCUT2D eigenvalue weighted by molar-refractivity contribution is 7.98. The SMILES string of the molecule is CCNc1cc(CSCC2CCCC2)ccn1. The monoisotopic (exact) mass is 250 g/mol. The number of pyridine rings is 1. The van der Waals surface area contributed by atoms with E-state index in [-0.39, 0.29) is 0 Å². The molecule has 1 aliphatic carbocycles. The lowest BCUT2D eigenvalue weighted by Crippen LogP contribution is -2.00. The van der Waals surface area contributed by atoms with E-state index in [2.05, 4.69) is 41.1 Å². The van der Waals surface area contributed by atoms with Gasteiger partial charge in [-0.15, -0.1) is 0 Å². The Kier molecular flexibility index (Phi) is 5.17. The van der Waals surface area contributed by atoms with Crippen LogP contribution in [0.2, 0.25) is 0 Å². The molecular weight excluding hydrogens is 228 g/mol. The summed E-state index contributed by atoms with van der Waals surface area (Å²) < 4.78 is 0. The van der Waals surface area contributed by atoms with Crippen LogP contribution in [0.1, 0.15) is 38.2 Å². The minimum atomic E-state index is 0.936. The number of nitrogens with zero attached hydrogens (tertiary/aromatic N) is 1. The third-order valence-electron chi connectivity index (χ3n) is 3.28. The van der Waals surface area contributed by atoms with E-state index in [0.29, 0.717) is 0 Å². The molecule has 17 heavy (non-hydrogen) atoms. The van der Waals surface area contributed by atoms with Gasteiger partial charge in [0.25, 0.3) is 0 Å². The molecule has 1 aromatic rings. The Labute approximate surface area is 109 Å². The second-order valence-electron chi connectivity index (χ2n) is 4.75. The first-order chi connectivity index (χ1) is 8.38. The van der Waals surface area contributed by atoms with Gasteiger partial charge in [0.15, 0.2) is 0 Å². The van der Waals surface area contributed by atoms with E-state index in [1.165, 1.54) is 37.0 Å². The van der Waals surface area contributed by atoms with Gasteiger partial charge in [0.2, 0.25) is 0 Å². The normalized spacial score (nSPS) is 16.3. The van der Waals surface area contributed by atoms with Gasteiger partial charge in [-0.25, -0.2) is 4.98 Å². The first kappa shape index (κ1) is 12.7. The van der Waals surface area contributed by atoms with Gasteiger partial charge in [0.05, 0.1) is 0 Å². The first-order valence-corrected chi connectivity index (χ1v) is 7.80. The highest BCUT2D eigenvalue weighted by Crippen LogP contribution is 2.29. The van der Waals surface area contributed by atoms with Gasteiger partial charge < -0.3 is 5.32 Å². The molecule has 0 bridgehead atoms. The Morgan fingerprint density at radius 1 is 1.41 bits per heavy atom. The summed E-state index contributed by atoms with van der Waals surface area (Å²) in [4.78, 5) is 4.29. The van der Waals surface area contributed by atoms with Crippen molar-refractivity contribution in [1.29, 1.82) is 0 Å². The van der Waals surface area contributed by atoms with Gasteiger partial charge in [-0.2, -0.15) is 11.8 Å². The number of nitrogens with one attached hydrogen (secondary N) is 1. The van der Waals surface area contributed by atoms with Crippen LogP contribution in [-0.2, 0) is 5.75 Å². The molecule has 1 saturated carbocycles. The van der Waals surface area contributed by atoms with Crippen molar-refractivity contribution in [3.8, 4) is 0 Å². The third kappa shape index (κ3) is 4.23. The van der Waals surface area contributed by atoms with E-state index in [9.17, 15) is 0 Å². The van der Waals surface area contributed by atoms with Crippen LogP contribution in [0.15, 0.2) is 18.3 Å². The second kappa shape index (κ2) is 6.90. The zero-order valence-electron chi connectivity index (χ0n) is 10.6. The lowest BCUT2D eigenvalue weighted by Gasteiger charge is -2.09. The molecule has 1 aliphatic rings. The molecule has 0 aromatic carbocycles. The molecule has 3 heteroatoms.